The number of hydrogen-bond donors (Lipinski definition) is 1. The summed E-state index contributed by atoms with van der Waals surface area (Å²) in [6.07, 6.45) is -4.09. The molecule has 0 saturated heterocycles. The van der Waals surface area contributed by atoms with Crippen molar-refractivity contribution in [2.45, 2.75) is 19.5 Å². The fraction of sp³-hybridized carbons (Fsp3) is 0.429. The molecule has 1 N–H and O–H groups in total. The smallest absolute Gasteiger partial charge is 0.396 e. The lowest BCUT2D eigenvalue weighted by Crippen LogP contribution is -2.35. The van der Waals surface area contributed by atoms with Crippen molar-refractivity contribution in [2.75, 3.05) is 14.1 Å². The van der Waals surface area contributed by atoms with Gasteiger partial charge in [0.1, 0.15) is 5.76 Å². The van der Waals surface area contributed by atoms with E-state index in [1.807, 2.05) is 0 Å². The fourth-order valence-electron chi connectivity index (χ4n) is 2.53. The number of Topliss-reactive ketones (excluding diaryl/α,β-unsaturated/α-hetero) is 1. The molecule has 2 rings (SSSR count). The largest absolute Gasteiger partial charge is 0.475 e. The predicted octanol–water partition coefficient (Wildman–Crippen LogP) is 2.65. The molecule has 22 heavy (non-hydrogen) atoms. The number of rotatable bonds is 2. The third-order valence-corrected chi connectivity index (χ3v) is 3.46. The first-order valence-corrected chi connectivity index (χ1v) is 6.39. The molecule has 1 aliphatic carbocycles. The first-order chi connectivity index (χ1) is 10.0. The topological polar surface area (TPSA) is 70.7 Å². The highest BCUT2D eigenvalue weighted by Gasteiger charge is 2.49. The lowest BCUT2D eigenvalue weighted by atomic mass is 9.81. The summed E-state index contributed by atoms with van der Waals surface area (Å²) >= 11 is 0. The number of carboxylic acid groups (broad SMARTS) is 1. The standard InChI is InChI=1S/C14H14F3NO4/c1-6-10-9(22-12(6)13(20)21)4-8(14(15,16)17)7(11(10)19)5-18(2)3/h5,8H,4H2,1-3H3,(H,20,21)/b7-5-. The van der Waals surface area contributed by atoms with E-state index in [1.54, 1.807) is 0 Å². The van der Waals surface area contributed by atoms with E-state index >= 15 is 0 Å². The molecule has 0 saturated carbocycles. The predicted molar refractivity (Wildman–Crippen MR) is 69.8 cm³/mol. The van der Waals surface area contributed by atoms with Gasteiger partial charge in [-0.15, -0.1) is 0 Å². The van der Waals surface area contributed by atoms with Crippen LogP contribution in [0, 0.1) is 12.8 Å². The Balaban J connectivity index is 2.64. The Morgan fingerprint density at radius 2 is 2.00 bits per heavy atom. The minimum atomic E-state index is -4.63. The Hall–Kier alpha value is -2.25. The van der Waals surface area contributed by atoms with Gasteiger partial charge in [0.05, 0.1) is 11.5 Å². The number of hydrogen-bond acceptors (Lipinski definition) is 4. The van der Waals surface area contributed by atoms with E-state index in [0.717, 1.165) is 6.20 Å². The SMILES string of the molecule is Cc1c(C(=O)O)oc2c1C(=O)/C(=C\N(C)C)C(C(F)(F)F)C2. The molecule has 1 aliphatic rings. The summed E-state index contributed by atoms with van der Waals surface area (Å²) in [5.74, 6) is -4.99. The molecule has 1 heterocycles. The lowest BCUT2D eigenvalue weighted by molar-refractivity contribution is -0.164. The number of ketones is 1. The molecule has 0 radical (unpaired) electrons. The zero-order valence-electron chi connectivity index (χ0n) is 12.1. The summed E-state index contributed by atoms with van der Waals surface area (Å²) in [6.45, 7) is 1.35. The fourth-order valence-corrected chi connectivity index (χ4v) is 2.53. The molecule has 0 bridgehead atoms. The van der Waals surface area contributed by atoms with E-state index in [9.17, 15) is 22.8 Å². The molecule has 0 aromatic carbocycles. The van der Waals surface area contributed by atoms with Crippen LogP contribution in [0.3, 0.4) is 0 Å². The number of furan rings is 1. The highest BCUT2D eigenvalue weighted by Crippen LogP contribution is 2.42. The van der Waals surface area contributed by atoms with Gasteiger partial charge < -0.3 is 14.4 Å². The van der Waals surface area contributed by atoms with Crippen LogP contribution in [0.1, 0.15) is 32.2 Å². The van der Waals surface area contributed by atoms with Crippen molar-refractivity contribution in [1.82, 2.24) is 4.90 Å². The molecule has 0 amide bonds. The molecule has 0 fully saturated rings. The average molecular weight is 317 g/mol. The third kappa shape index (κ3) is 2.60. The van der Waals surface area contributed by atoms with Crippen LogP contribution < -0.4 is 0 Å². The van der Waals surface area contributed by atoms with Crippen LogP contribution in [0.5, 0.6) is 0 Å². The molecule has 120 valence electrons. The summed E-state index contributed by atoms with van der Waals surface area (Å²) in [4.78, 5) is 24.8. The zero-order valence-corrected chi connectivity index (χ0v) is 12.1. The van der Waals surface area contributed by atoms with Crippen molar-refractivity contribution >= 4 is 11.8 Å². The number of carboxylic acids is 1. The van der Waals surface area contributed by atoms with Gasteiger partial charge in [0.15, 0.2) is 5.78 Å². The minimum Gasteiger partial charge on any atom is -0.475 e. The number of aromatic carboxylic acids is 1. The number of fused-ring (bicyclic) bond motifs is 1. The van der Waals surface area contributed by atoms with E-state index in [0.29, 0.717) is 0 Å². The van der Waals surface area contributed by atoms with Crippen LogP contribution in [0.2, 0.25) is 0 Å². The summed E-state index contributed by atoms with van der Waals surface area (Å²) in [6, 6.07) is 0. The highest BCUT2D eigenvalue weighted by atomic mass is 19.4. The number of carbonyl (C=O) groups excluding carboxylic acids is 1. The quantitative estimate of drug-likeness (QED) is 0.849. The summed E-state index contributed by atoms with van der Waals surface area (Å²) in [5, 5.41) is 8.99. The van der Waals surface area contributed by atoms with Gasteiger partial charge >= 0.3 is 12.1 Å². The van der Waals surface area contributed by atoms with Crippen LogP contribution in [-0.2, 0) is 6.42 Å². The first kappa shape index (κ1) is 16.1. The Morgan fingerprint density at radius 1 is 1.41 bits per heavy atom. The molecule has 1 aromatic heterocycles. The molecular formula is C14H14F3NO4. The third-order valence-electron chi connectivity index (χ3n) is 3.46. The van der Waals surface area contributed by atoms with Crippen LogP contribution in [0.25, 0.3) is 0 Å². The van der Waals surface area contributed by atoms with Gasteiger partial charge in [0.2, 0.25) is 5.76 Å². The van der Waals surface area contributed by atoms with Gasteiger partial charge in [-0.25, -0.2) is 4.79 Å². The van der Waals surface area contributed by atoms with Gasteiger partial charge in [-0.1, -0.05) is 0 Å². The van der Waals surface area contributed by atoms with Crippen molar-refractivity contribution in [1.29, 1.82) is 0 Å². The average Bonchev–Trinajstić information content (AvgIpc) is 2.68. The van der Waals surface area contributed by atoms with Crippen LogP contribution in [0.15, 0.2) is 16.2 Å². The van der Waals surface area contributed by atoms with Gasteiger partial charge in [-0.05, 0) is 6.92 Å². The Morgan fingerprint density at radius 3 is 2.45 bits per heavy atom. The van der Waals surface area contributed by atoms with Crippen molar-refractivity contribution in [3.05, 3.63) is 34.4 Å². The molecule has 0 spiro atoms. The molecule has 1 unspecified atom stereocenters. The van der Waals surface area contributed by atoms with Crippen molar-refractivity contribution in [2.24, 2.45) is 5.92 Å². The van der Waals surface area contributed by atoms with Crippen molar-refractivity contribution in [3.63, 3.8) is 0 Å². The Labute approximate surface area is 124 Å². The van der Waals surface area contributed by atoms with E-state index in [2.05, 4.69) is 0 Å². The molecule has 1 atom stereocenters. The lowest BCUT2D eigenvalue weighted by Gasteiger charge is -2.27. The highest BCUT2D eigenvalue weighted by molar-refractivity contribution is 6.13. The maximum atomic E-state index is 13.2. The second-order valence-electron chi connectivity index (χ2n) is 5.34. The number of carbonyl (C=O) groups is 2. The van der Waals surface area contributed by atoms with Gasteiger partial charge in [0, 0.05) is 37.9 Å². The molecule has 8 heteroatoms. The second kappa shape index (κ2) is 5.19. The second-order valence-corrected chi connectivity index (χ2v) is 5.34. The van der Waals surface area contributed by atoms with Gasteiger partial charge in [0.25, 0.3) is 0 Å². The van der Waals surface area contributed by atoms with E-state index in [4.69, 9.17) is 9.52 Å². The Kier molecular flexibility index (Phi) is 3.80. The maximum absolute atomic E-state index is 13.2. The van der Waals surface area contributed by atoms with Gasteiger partial charge in [-0.2, -0.15) is 13.2 Å². The van der Waals surface area contributed by atoms with Crippen molar-refractivity contribution in [3.8, 4) is 0 Å². The number of nitrogens with zero attached hydrogens (tertiary/aromatic N) is 1. The number of alkyl halides is 3. The normalized spacial score (nSPS) is 20.2. The number of halogens is 3. The minimum absolute atomic E-state index is 0.0535. The van der Waals surface area contributed by atoms with Crippen LogP contribution >= 0.6 is 0 Å². The molecular weight excluding hydrogens is 303 g/mol. The molecule has 0 aliphatic heterocycles. The summed E-state index contributed by atoms with van der Waals surface area (Å²) in [5.41, 5.74) is -0.436. The Bertz CT molecular complexity index is 670. The first-order valence-electron chi connectivity index (χ1n) is 6.39. The van der Waals surface area contributed by atoms with E-state index < -0.39 is 41.6 Å². The van der Waals surface area contributed by atoms with E-state index in [-0.39, 0.29) is 16.9 Å². The van der Waals surface area contributed by atoms with Gasteiger partial charge in [-0.3, -0.25) is 4.79 Å². The zero-order chi connectivity index (χ0) is 16.8. The summed E-state index contributed by atoms with van der Waals surface area (Å²) < 4.78 is 44.6. The molecule has 1 aromatic rings. The van der Waals surface area contributed by atoms with Crippen molar-refractivity contribution < 1.29 is 32.3 Å². The molecule has 5 nitrogen and oxygen atoms in total. The monoisotopic (exact) mass is 317 g/mol. The maximum Gasteiger partial charge on any atom is 0.396 e. The summed E-state index contributed by atoms with van der Waals surface area (Å²) in [7, 11) is 3.02. The van der Waals surface area contributed by atoms with Crippen LogP contribution in [-0.4, -0.2) is 42.0 Å². The van der Waals surface area contributed by atoms with Crippen LogP contribution in [0.4, 0.5) is 13.2 Å². The van der Waals surface area contributed by atoms with E-state index in [1.165, 1.54) is 25.9 Å². The number of allylic oxidation sites excluding steroid dienone is 1.